The maximum Gasteiger partial charge on any atom is 0.573 e. The molecule has 1 heterocycles. The summed E-state index contributed by atoms with van der Waals surface area (Å²) in [6, 6.07) is 7.05. The van der Waals surface area contributed by atoms with Crippen molar-refractivity contribution in [3.05, 3.63) is 58.2 Å². The zero-order valence-electron chi connectivity index (χ0n) is 17.0. The summed E-state index contributed by atoms with van der Waals surface area (Å²) in [5, 5.41) is 20.2. The lowest BCUT2D eigenvalue weighted by Crippen LogP contribution is -2.18. The molecule has 3 aromatic rings. The molecule has 0 aliphatic heterocycles. The summed E-state index contributed by atoms with van der Waals surface area (Å²) in [5.74, 6) is -3.35. The highest BCUT2D eigenvalue weighted by atomic mass is 35.5. The number of aliphatic carboxylic acids is 1. The van der Waals surface area contributed by atoms with E-state index in [0.717, 1.165) is 12.1 Å². The average Bonchev–Trinajstić information content (AvgIpc) is 2.96. The second-order valence-corrected chi connectivity index (χ2v) is 7.62. The zero-order chi connectivity index (χ0) is 23.8. The van der Waals surface area contributed by atoms with Crippen LogP contribution < -0.4 is 4.74 Å². The minimum Gasteiger partial charge on any atom is -0.506 e. The van der Waals surface area contributed by atoms with Crippen LogP contribution >= 0.6 is 11.6 Å². The van der Waals surface area contributed by atoms with Gasteiger partial charge < -0.3 is 14.9 Å². The van der Waals surface area contributed by atoms with E-state index in [-0.39, 0.29) is 21.9 Å². The monoisotopic (exact) mass is 469 g/mol. The highest BCUT2D eigenvalue weighted by Gasteiger charge is 2.32. The zero-order valence-corrected chi connectivity index (χ0v) is 17.8. The molecule has 6 nitrogen and oxygen atoms in total. The normalized spacial score (nSPS) is 12.7. The first-order valence-electron chi connectivity index (χ1n) is 9.61. The summed E-state index contributed by atoms with van der Waals surface area (Å²) < 4.78 is 42.3. The van der Waals surface area contributed by atoms with Crippen LogP contribution in [0.4, 0.5) is 13.2 Å². The summed E-state index contributed by atoms with van der Waals surface area (Å²) in [6.07, 6.45) is -3.99. The van der Waals surface area contributed by atoms with Crippen molar-refractivity contribution in [1.82, 2.24) is 4.57 Å². The Morgan fingerprint density at radius 1 is 1.19 bits per heavy atom. The Bertz CT molecular complexity index is 1190. The van der Waals surface area contributed by atoms with Crippen molar-refractivity contribution in [2.24, 2.45) is 0 Å². The number of aromatic nitrogens is 1. The summed E-state index contributed by atoms with van der Waals surface area (Å²) >= 11 is 6.04. The van der Waals surface area contributed by atoms with Crippen molar-refractivity contribution in [3.63, 3.8) is 0 Å². The van der Waals surface area contributed by atoms with Crippen molar-refractivity contribution >= 4 is 34.4 Å². The Labute approximate surface area is 185 Å². The fraction of sp³-hybridized carbons (Fsp3) is 0.273. The summed E-state index contributed by atoms with van der Waals surface area (Å²) in [4.78, 5) is 25.2. The number of carbonyl (C=O) groups is 2. The van der Waals surface area contributed by atoms with Gasteiger partial charge in [0, 0.05) is 16.6 Å². The van der Waals surface area contributed by atoms with Gasteiger partial charge in [0.2, 0.25) is 0 Å². The molecule has 2 N–H and O–H groups in total. The van der Waals surface area contributed by atoms with Crippen molar-refractivity contribution in [1.29, 1.82) is 0 Å². The Hall–Kier alpha value is -3.20. The van der Waals surface area contributed by atoms with E-state index >= 15 is 0 Å². The molecule has 10 heteroatoms. The third-order valence-electron chi connectivity index (χ3n) is 5.08. The topological polar surface area (TPSA) is 88.8 Å². The number of nitrogens with zero attached hydrogens (tertiary/aromatic N) is 1. The molecule has 32 heavy (non-hydrogen) atoms. The Balaban J connectivity index is 2.18. The van der Waals surface area contributed by atoms with E-state index in [0.29, 0.717) is 29.5 Å². The predicted molar refractivity (Wildman–Crippen MR) is 111 cm³/mol. The molecule has 170 valence electrons. The maximum absolute atomic E-state index is 13.3. The molecule has 0 radical (unpaired) electrons. The van der Waals surface area contributed by atoms with Crippen LogP contribution in [-0.4, -0.2) is 33.0 Å². The van der Waals surface area contributed by atoms with Crippen LogP contribution in [0.15, 0.2) is 36.4 Å². The summed E-state index contributed by atoms with van der Waals surface area (Å²) in [7, 11) is 0. The van der Waals surface area contributed by atoms with Crippen LogP contribution in [0.3, 0.4) is 0 Å². The van der Waals surface area contributed by atoms with Gasteiger partial charge in [0.15, 0.2) is 0 Å². The number of halogens is 4. The Morgan fingerprint density at radius 3 is 2.34 bits per heavy atom. The second kappa shape index (κ2) is 8.74. The standard InChI is InChI=1S/C22H19ClF3NO5/c1-3-4-14(21(30)31)19-11(2)27(17-10-16(23)18(28)9-15(17)19)20(29)12-5-7-13(8-6-12)32-22(24,25)26/h5-10,14,28H,3-4H2,1-2H3,(H,30,31). The lowest BCUT2D eigenvalue weighted by molar-refractivity contribution is -0.274. The molecule has 0 aliphatic rings. The molecule has 0 spiro atoms. The molecule has 0 fully saturated rings. The number of rotatable bonds is 6. The van der Waals surface area contributed by atoms with E-state index < -0.39 is 29.9 Å². The smallest absolute Gasteiger partial charge is 0.506 e. The first-order chi connectivity index (χ1) is 14.9. The maximum atomic E-state index is 13.3. The molecular weight excluding hydrogens is 451 g/mol. The van der Waals surface area contributed by atoms with Gasteiger partial charge in [-0.05, 0) is 55.3 Å². The van der Waals surface area contributed by atoms with Gasteiger partial charge in [0.1, 0.15) is 11.5 Å². The lowest BCUT2D eigenvalue weighted by Gasteiger charge is -2.13. The molecule has 1 aromatic heterocycles. The molecule has 1 atom stereocenters. The van der Waals surface area contributed by atoms with E-state index in [1.165, 1.54) is 28.8 Å². The van der Waals surface area contributed by atoms with Gasteiger partial charge in [-0.15, -0.1) is 13.2 Å². The minimum absolute atomic E-state index is 0.0353. The molecule has 0 saturated heterocycles. The molecule has 0 bridgehead atoms. The average molecular weight is 470 g/mol. The van der Waals surface area contributed by atoms with Crippen LogP contribution in [0.2, 0.25) is 5.02 Å². The molecule has 0 amide bonds. The number of hydrogen-bond acceptors (Lipinski definition) is 4. The molecule has 0 saturated carbocycles. The fourth-order valence-corrected chi connectivity index (χ4v) is 3.92. The number of phenols is 1. The van der Waals surface area contributed by atoms with E-state index in [1.807, 2.05) is 6.92 Å². The number of fused-ring (bicyclic) bond motifs is 1. The van der Waals surface area contributed by atoms with Gasteiger partial charge in [-0.1, -0.05) is 24.9 Å². The third-order valence-corrected chi connectivity index (χ3v) is 5.39. The number of carboxylic acids is 1. The number of aromatic hydroxyl groups is 1. The predicted octanol–water partition coefficient (Wildman–Crippen LogP) is 5.86. The van der Waals surface area contributed by atoms with Crippen LogP contribution in [0.25, 0.3) is 10.9 Å². The van der Waals surface area contributed by atoms with Gasteiger partial charge in [-0.3, -0.25) is 14.2 Å². The SMILES string of the molecule is CCCC(C(=O)O)c1c(C)n(C(=O)c2ccc(OC(F)(F)F)cc2)c2cc(Cl)c(O)cc12. The van der Waals surface area contributed by atoms with Crippen molar-refractivity contribution in [2.75, 3.05) is 0 Å². The highest BCUT2D eigenvalue weighted by Crippen LogP contribution is 2.39. The molecule has 1 unspecified atom stereocenters. The summed E-state index contributed by atoms with van der Waals surface area (Å²) in [6.45, 7) is 3.40. The van der Waals surface area contributed by atoms with E-state index in [1.54, 1.807) is 6.92 Å². The minimum atomic E-state index is -4.86. The van der Waals surface area contributed by atoms with Gasteiger partial charge >= 0.3 is 12.3 Å². The number of alkyl halides is 3. The second-order valence-electron chi connectivity index (χ2n) is 7.21. The largest absolute Gasteiger partial charge is 0.573 e. The van der Waals surface area contributed by atoms with E-state index in [9.17, 15) is 33.0 Å². The van der Waals surface area contributed by atoms with Crippen LogP contribution in [0.1, 0.15) is 47.3 Å². The molecule has 0 aliphatic carbocycles. The molecule has 3 rings (SSSR count). The molecule has 2 aromatic carbocycles. The van der Waals surface area contributed by atoms with E-state index in [4.69, 9.17) is 11.6 Å². The summed E-state index contributed by atoms with van der Waals surface area (Å²) in [5.41, 5.74) is 1.04. The van der Waals surface area contributed by atoms with Crippen molar-refractivity contribution in [2.45, 2.75) is 39.0 Å². The number of hydrogen-bond donors (Lipinski definition) is 2. The van der Waals surface area contributed by atoms with Gasteiger partial charge in [-0.25, -0.2) is 0 Å². The Kier molecular flexibility index (Phi) is 6.41. The van der Waals surface area contributed by atoms with Crippen LogP contribution in [-0.2, 0) is 4.79 Å². The number of benzene rings is 2. The number of phenolic OH excluding ortho intramolecular Hbond substituents is 1. The van der Waals surface area contributed by atoms with Crippen molar-refractivity contribution < 1.29 is 37.7 Å². The number of carbonyl (C=O) groups excluding carboxylic acids is 1. The van der Waals surface area contributed by atoms with Crippen LogP contribution in [0, 0.1) is 6.92 Å². The number of ether oxygens (including phenoxy) is 1. The number of carboxylic acid groups (broad SMARTS) is 1. The van der Waals surface area contributed by atoms with Gasteiger partial charge in [0.25, 0.3) is 5.91 Å². The van der Waals surface area contributed by atoms with Crippen molar-refractivity contribution in [3.8, 4) is 11.5 Å². The van der Waals surface area contributed by atoms with Gasteiger partial charge in [0.05, 0.1) is 16.5 Å². The van der Waals surface area contributed by atoms with Gasteiger partial charge in [-0.2, -0.15) is 0 Å². The Morgan fingerprint density at radius 2 is 1.81 bits per heavy atom. The highest BCUT2D eigenvalue weighted by molar-refractivity contribution is 6.33. The van der Waals surface area contributed by atoms with Crippen LogP contribution in [0.5, 0.6) is 11.5 Å². The van der Waals surface area contributed by atoms with E-state index in [2.05, 4.69) is 4.74 Å². The third kappa shape index (κ3) is 4.52. The first kappa shape index (κ1) is 23.5. The molecular formula is C22H19ClF3NO5. The fourth-order valence-electron chi connectivity index (χ4n) is 3.76. The lowest BCUT2D eigenvalue weighted by atomic mass is 9.92. The first-order valence-corrected chi connectivity index (χ1v) is 9.99. The quantitative estimate of drug-likeness (QED) is 0.471.